The maximum Gasteiger partial charge on any atom is 0 e. The normalized spacial score (nSPS) is 20.3. The summed E-state index contributed by atoms with van der Waals surface area (Å²) in [6.45, 7) is 7.82. The molecule has 0 bridgehead atoms. The minimum atomic E-state index is 0. The van der Waals surface area contributed by atoms with E-state index in [1.807, 2.05) is 0 Å². The first-order chi connectivity index (χ1) is 3.80. The van der Waals surface area contributed by atoms with E-state index in [0.29, 0.717) is 5.92 Å². The van der Waals surface area contributed by atoms with E-state index in [4.69, 9.17) is 0 Å². The van der Waals surface area contributed by atoms with Crippen LogP contribution in [0.4, 0.5) is 0 Å². The minimum Gasteiger partial charge on any atom is -0.369 e. The van der Waals surface area contributed by atoms with Crippen molar-refractivity contribution in [3.05, 3.63) is 13.8 Å². The standard InChI is InChI=1S/C8H14.Fm/c1-7(2)8-5-3-4-6-8;/h7-8H,1-6H2;/q-2;. The average Bonchev–Trinajstić information content (AvgIpc) is 2.12. The van der Waals surface area contributed by atoms with E-state index >= 15 is 0 Å². The molecule has 0 aromatic carbocycles. The summed E-state index contributed by atoms with van der Waals surface area (Å²) < 4.78 is 0. The first-order valence-electron chi connectivity index (χ1n) is 3.47. The molecule has 60 valence electrons. The summed E-state index contributed by atoms with van der Waals surface area (Å²) >= 11 is 0. The van der Waals surface area contributed by atoms with E-state index in [2.05, 4.69) is 13.8 Å². The third kappa shape index (κ3) is 1.75. The Morgan fingerprint density at radius 1 is 1.11 bits per heavy atom. The Balaban J connectivity index is 0.000000640. The summed E-state index contributed by atoms with van der Waals surface area (Å²) in [5.41, 5.74) is 0. The summed E-state index contributed by atoms with van der Waals surface area (Å²) in [5.74, 6) is 1.28. The van der Waals surface area contributed by atoms with Gasteiger partial charge in [-0.05, 0) is 0 Å². The van der Waals surface area contributed by atoms with Crippen molar-refractivity contribution in [1.29, 1.82) is 0 Å². The fraction of sp³-hybridized carbons (Fsp3) is 0.750. The fourth-order valence-electron chi connectivity index (χ4n) is 1.43. The monoisotopic (exact) mass is 367 g/mol. The third-order valence-corrected chi connectivity index (χ3v) is 2.07. The van der Waals surface area contributed by atoms with Gasteiger partial charge in [0.25, 0.3) is 0 Å². The molecular formula is C8H14Fm-2. The SMILES string of the molecule is [CH2-]C([CH2-])C1CCCC1.[Fm]. The van der Waals surface area contributed by atoms with E-state index in [9.17, 15) is 0 Å². The number of hydrogen-bond donors (Lipinski definition) is 0. The molecule has 0 amide bonds. The van der Waals surface area contributed by atoms with Crippen LogP contribution in [0.25, 0.3) is 0 Å². The maximum absolute atomic E-state index is 3.91. The van der Waals surface area contributed by atoms with Gasteiger partial charge in [-0.3, -0.25) is 0 Å². The van der Waals surface area contributed by atoms with Gasteiger partial charge in [0.15, 0.2) is 0 Å². The molecule has 0 radical (unpaired) electrons. The Morgan fingerprint density at radius 3 is 1.78 bits per heavy atom. The molecule has 0 atom stereocenters. The molecule has 1 aliphatic carbocycles. The third-order valence-electron chi connectivity index (χ3n) is 2.07. The average molecular weight is 367 g/mol. The predicted octanol–water partition coefficient (Wildman–Crippen LogP) is 2.46. The van der Waals surface area contributed by atoms with Crippen molar-refractivity contribution in [3.63, 3.8) is 0 Å². The van der Waals surface area contributed by atoms with Crippen molar-refractivity contribution in [2.24, 2.45) is 11.8 Å². The molecule has 1 aliphatic rings. The van der Waals surface area contributed by atoms with Crippen molar-refractivity contribution in [1.82, 2.24) is 0 Å². The second kappa shape index (κ2) is 3.11. The summed E-state index contributed by atoms with van der Waals surface area (Å²) in [6.07, 6.45) is 5.56. The molecule has 0 spiro atoms. The smallest absolute Gasteiger partial charge is 0 e. The molecule has 9 heavy (non-hydrogen) atoms. The molecule has 1 fully saturated rings. The van der Waals surface area contributed by atoms with Gasteiger partial charge in [0.05, 0.1) is 0 Å². The first-order valence-corrected chi connectivity index (χ1v) is 3.47. The number of hydrogen-bond acceptors (Lipinski definition) is 0. The largest absolute Gasteiger partial charge is 0.369 e. The molecule has 0 aliphatic heterocycles. The zero-order chi connectivity index (χ0) is 5.98. The van der Waals surface area contributed by atoms with Crippen molar-refractivity contribution >= 4 is 0 Å². The Hall–Kier alpha value is -1.00. The zero-order valence-electron chi connectivity index (χ0n) is 5.69. The topological polar surface area (TPSA) is 0 Å². The van der Waals surface area contributed by atoms with Crippen LogP contribution in [0.5, 0.6) is 0 Å². The van der Waals surface area contributed by atoms with Crippen molar-refractivity contribution in [2.45, 2.75) is 25.7 Å². The number of rotatable bonds is 1. The van der Waals surface area contributed by atoms with Crippen molar-refractivity contribution < 1.29 is 0 Å². The van der Waals surface area contributed by atoms with Crippen molar-refractivity contribution in [2.75, 3.05) is 0 Å². The molecule has 0 nitrogen and oxygen atoms in total. The van der Waals surface area contributed by atoms with Crippen LogP contribution in [0.15, 0.2) is 0 Å². The maximum atomic E-state index is 3.91. The fourth-order valence-corrected chi connectivity index (χ4v) is 1.43. The molecule has 1 heteroatoms. The summed E-state index contributed by atoms with van der Waals surface area (Å²) in [5, 5.41) is 0. The van der Waals surface area contributed by atoms with Gasteiger partial charge in [-0.2, -0.15) is 0 Å². The van der Waals surface area contributed by atoms with Crippen LogP contribution in [-0.2, 0) is 0 Å². The quantitative estimate of drug-likeness (QED) is 0.625. The molecule has 1 saturated carbocycles. The van der Waals surface area contributed by atoms with Gasteiger partial charge >= 0.3 is 0 Å². The van der Waals surface area contributed by atoms with Gasteiger partial charge in [0.1, 0.15) is 0 Å². The molecule has 0 unspecified atom stereocenters. The zero-order valence-corrected chi connectivity index (χ0v) is 8.09. The second-order valence-electron chi connectivity index (χ2n) is 2.80. The van der Waals surface area contributed by atoms with Gasteiger partial charge in [-0.1, -0.05) is 31.6 Å². The van der Waals surface area contributed by atoms with Gasteiger partial charge in [0, 0.05) is 0 Å². The van der Waals surface area contributed by atoms with Gasteiger partial charge in [0.2, 0.25) is 0 Å². The van der Waals surface area contributed by atoms with E-state index in [1.54, 1.807) is 0 Å². The first kappa shape index (κ1) is 8.00. The summed E-state index contributed by atoms with van der Waals surface area (Å²) in [7, 11) is 0. The van der Waals surface area contributed by atoms with E-state index < -0.39 is 0 Å². The molecule has 0 aromatic heterocycles. The Bertz CT molecular complexity index is 63.0. The molecular weight excluding hydrogens is 353 g/mol. The van der Waals surface area contributed by atoms with Crippen molar-refractivity contribution in [3.8, 4) is 0 Å². The summed E-state index contributed by atoms with van der Waals surface area (Å²) in [6, 6.07) is 0. The molecule has 0 N–H and O–H groups in total. The Labute approximate surface area is 52.3 Å². The molecule has 0 aromatic rings. The van der Waals surface area contributed by atoms with Crippen LogP contribution in [0.2, 0.25) is 0 Å². The minimum absolute atomic E-state index is 0. The van der Waals surface area contributed by atoms with E-state index in [-0.39, 0.29) is 0 Å². The van der Waals surface area contributed by atoms with Gasteiger partial charge < -0.3 is 19.8 Å². The summed E-state index contributed by atoms with van der Waals surface area (Å²) in [4.78, 5) is 0. The van der Waals surface area contributed by atoms with E-state index in [0.717, 1.165) is 5.92 Å². The molecule has 0 saturated heterocycles. The predicted molar refractivity (Wildman–Crippen MR) is 36.2 cm³/mol. The van der Waals surface area contributed by atoms with E-state index in [1.165, 1.54) is 25.7 Å². The Morgan fingerprint density at radius 2 is 1.56 bits per heavy atom. The van der Waals surface area contributed by atoms with Gasteiger partial charge in [-0.25, -0.2) is 0 Å². The van der Waals surface area contributed by atoms with Crippen LogP contribution >= 0.6 is 0 Å². The van der Waals surface area contributed by atoms with Crippen LogP contribution in [0.3, 0.4) is 0 Å². The van der Waals surface area contributed by atoms with Crippen LogP contribution in [0.1, 0.15) is 25.7 Å². The molecule has 0 heterocycles. The second-order valence-corrected chi connectivity index (χ2v) is 2.80. The Kier molecular flexibility index (Phi) is 2.77. The van der Waals surface area contributed by atoms with Crippen LogP contribution in [0, 0.1) is 25.7 Å². The van der Waals surface area contributed by atoms with Crippen LogP contribution in [-0.4, -0.2) is 0 Å². The van der Waals surface area contributed by atoms with Gasteiger partial charge in [-0.15, -0.1) is 0 Å². The van der Waals surface area contributed by atoms with Crippen LogP contribution < -0.4 is 0 Å². The molecule has 1 rings (SSSR count).